The van der Waals surface area contributed by atoms with Crippen LogP contribution in [0.25, 0.3) is 0 Å². The first-order valence-corrected chi connectivity index (χ1v) is 14.4. The van der Waals surface area contributed by atoms with Crippen molar-refractivity contribution < 1.29 is 4.74 Å². The molecule has 2 aliphatic rings. The highest BCUT2D eigenvalue weighted by molar-refractivity contribution is 5.98. The third kappa shape index (κ3) is 4.31. The van der Waals surface area contributed by atoms with E-state index in [1.54, 1.807) is 0 Å². The zero-order chi connectivity index (χ0) is 28.1. The summed E-state index contributed by atoms with van der Waals surface area (Å²) < 4.78 is 6.23. The minimum Gasteiger partial charge on any atom is -0.453 e. The standard InChI is InChI=1S/C37H35N3O/c1-26(38-33-17-9-11-19-35(33)41-36-20-12-10-18-34(36)38)25-27-21-23-28(24-22-27)39-29-13-5-7-15-31(29)40(37(2,3)4)32-16-8-6-14-30(32)39/h5-24,26H,25H2,1-4H3. The average Bonchev–Trinajstić information content (AvgIpc) is 2.98. The van der Waals surface area contributed by atoms with Crippen LogP contribution in [-0.2, 0) is 6.42 Å². The van der Waals surface area contributed by atoms with Gasteiger partial charge < -0.3 is 19.4 Å². The lowest BCUT2D eigenvalue weighted by molar-refractivity contribution is 0.467. The molecular formula is C37H35N3O. The first-order valence-electron chi connectivity index (χ1n) is 14.4. The van der Waals surface area contributed by atoms with Crippen molar-refractivity contribution in [1.82, 2.24) is 0 Å². The van der Waals surface area contributed by atoms with Crippen molar-refractivity contribution >= 4 is 39.8 Å². The van der Waals surface area contributed by atoms with Gasteiger partial charge in [-0.05, 0) is 100 Å². The third-order valence-electron chi connectivity index (χ3n) is 8.03. The number of fused-ring (bicyclic) bond motifs is 4. The molecule has 0 spiro atoms. The van der Waals surface area contributed by atoms with Crippen LogP contribution in [0, 0.1) is 0 Å². The van der Waals surface area contributed by atoms with Gasteiger partial charge in [0.05, 0.1) is 34.1 Å². The van der Waals surface area contributed by atoms with Crippen LogP contribution >= 0.6 is 0 Å². The highest BCUT2D eigenvalue weighted by Gasteiger charge is 2.35. The number of para-hydroxylation sites is 8. The maximum absolute atomic E-state index is 6.23. The summed E-state index contributed by atoms with van der Waals surface area (Å²) >= 11 is 0. The molecule has 0 saturated heterocycles. The van der Waals surface area contributed by atoms with Crippen LogP contribution in [0.1, 0.15) is 33.3 Å². The molecule has 0 aromatic heterocycles. The van der Waals surface area contributed by atoms with E-state index in [0.717, 1.165) is 35.0 Å². The lowest BCUT2D eigenvalue weighted by atomic mass is 9.97. The van der Waals surface area contributed by atoms with E-state index in [9.17, 15) is 0 Å². The quantitative estimate of drug-likeness (QED) is 0.227. The lowest BCUT2D eigenvalue weighted by Crippen LogP contribution is -2.41. The molecule has 4 heteroatoms. The van der Waals surface area contributed by atoms with Crippen molar-refractivity contribution in [3.05, 3.63) is 127 Å². The van der Waals surface area contributed by atoms with E-state index >= 15 is 0 Å². The molecule has 1 unspecified atom stereocenters. The Kier molecular flexibility index (Phi) is 6.01. The van der Waals surface area contributed by atoms with Gasteiger partial charge in [0.2, 0.25) is 0 Å². The van der Waals surface area contributed by atoms with Gasteiger partial charge in [-0.1, -0.05) is 60.7 Å². The number of benzene rings is 5. The maximum atomic E-state index is 6.23. The highest BCUT2D eigenvalue weighted by atomic mass is 16.5. The number of nitrogens with zero attached hydrogens (tertiary/aromatic N) is 3. The minimum absolute atomic E-state index is 0.0605. The molecule has 7 rings (SSSR count). The van der Waals surface area contributed by atoms with Crippen molar-refractivity contribution in [2.75, 3.05) is 14.7 Å². The van der Waals surface area contributed by atoms with E-state index in [2.05, 4.69) is 152 Å². The molecule has 0 saturated carbocycles. The molecule has 0 bridgehead atoms. The van der Waals surface area contributed by atoms with Gasteiger partial charge in [0, 0.05) is 17.3 Å². The van der Waals surface area contributed by atoms with Gasteiger partial charge in [-0.2, -0.15) is 0 Å². The van der Waals surface area contributed by atoms with E-state index in [0.29, 0.717) is 0 Å². The lowest BCUT2D eigenvalue weighted by Gasteiger charge is -2.46. The second-order valence-corrected chi connectivity index (χ2v) is 11.9. The summed E-state index contributed by atoms with van der Waals surface area (Å²) in [5.41, 5.74) is 9.47. The SMILES string of the molecule is CC(Cc1ccc(N2c3ccccc3N(C(C)(C)C)c3ccccc32)cc1)N1c2ccccc2Oc2ccccc21. The van der Waals surface area contributed by atoms with Gasteiger partial charge in [0.25, 0.3) is 0 Å². The Labute approximate surface area is 243 Å². The van der Waals surface area contributed by atoms with Crippen LogP contribution in [0.3, 0.4) is 0 Å². The predicted molar refractivity (Wildman–Crippen MR) is 171 cm³/mol. The summed E-state index contributed by atoms with van der Waals surface area (Å²) in [6.07, 6.45) is 0.911. The topological polar surface area (TPSA) is 19.0 Å². The highest BCUT2D eigenvalue weighted by Crippen LogP contribution is 2.53. The molecule has 204 valence electrons. The van der Waals surface area contributed by atoms with Gasteiger partial charge in [0.15, 0.2) is 11.5 Å². The molecule has 1 atom stereocenters. The predicted octanol–water partition coefficient (Wildman–Crippen LogP) is 10.3. The van der Waals surface area contributed by atoms with Crippen LogP contribution in [-0.4, -0.2) is 11.6 Å². The zero-order valence-corrected chi connectivity index (χ0v) is 24.1. The minimum atomic E-state index is -0.0605. The van der Waals surface area contributed by atoms with Crippen LogP contribution in [0.15, 0.2) is 121 Å². The molecule has 0 radical (unpaired) electrons. The number of anilines is 7. The van der Waals surface area contributed by atoms with Crippen molar-refractivity contribution in [2.45, 2.75) is 45.7 Å². The van der Waals surface area contributed by atoms with E-state index in [1.807, 2.05) is 12.1 Å². The maximum Gasteiger partial charge on any atom is 0.151 e. The molecule has 0 N–H and O–H groups in total. The molecule has 2 aliphatic heterocycles. The zero-order valence-electron chi connectivity index (χ0n) is 24.1. The Bertz CT molecular complexity index is 1630. The van der Waals surface area contributed by atoms with Crippen molar-refractivity contribution in [3.8, 4) is 11.5 Å². The van der Waals surface area contributed by atoms with Crippen LogP contribution < -0.4 is 19.4 Å². The van der Waals surface area contributed by atoms with Gasteiger partial charge >= 0.3 is 0 Å². The van der Waals surface area contributed by atoms with Crippen molar-refractivity contribution in [2.24, 2.45) is 0 Å². The van der Waals surface area contributed by atoms with Gasteiger partial charge in [0.1, 0.15) is 0 Å². The Morgan fingerprint density at radius 1 is 0.561 bits per heavy atom. The fourth-order valence-electron chi connectivity index (χ4n) is 6.37. The molecule has 0 aliphatic carbocycles. The monoisotopic (exact) mass is 537 g/mol. The third-order valence-corrected chi connectivity index (χ3v) is 8.03. The van der Waals surface area contributed by atoms with Crippen LogP contribution in [0.4, 0.5) is 39.8 Å². The van der Waals surface area contributed by atoms with Crippen molar-refractivity contribution in [3.63, 3.8) is 0 Å². The molecular weight excluding hydrogens is 502 g/mol. The van der Waals surface area contributed by atoms with Gasteiger partial charge in [-0.25, -0.2) is 0 Å². The second-order valence-electron chi connectivity index (χ2n) is 11.9. The molecule has 2 heterocycles. The van der Waals surface area contributed by atoms with Crippen LogP contribution in [0.2, 0.25) is 0 Å². The van der Waals surface area contributed by atoms with E-state index in [-0.39, 0.29) is 11.6 Å². The molecule has 5 aromatic rings. The summed E-state index contributed by atoms with van der Waals surface area (Å²) in [6.45, 7) is 9.12. The van der Waals surface area contributed by atoms with E-state index in [4.69, 9.17) is 4.74 Å². The molecule has 0 fully saturated rings. The van der Waals surface area contributed by atoms with Gasteiger partial charge in [-0.15, -0.1) is 0 Å². The van der Waals surface area contributed by atoms with Crippen molar-refractivity contribution in [1.29, 1.82) is 0 Å². The molecule has 5 aromatic carbocycles. The number of hydrogen-bond donors (Lipinski definition) is 0. The first kappa shape index (κ1) is 25.3. The number of hydrogen-bond acceptors (Lipinski definition) is 4. The number of ether oxygens (including phenoxy) is 1. The Morgan fingerprint density at radius 2 is 1.00 bits per heavy atom. The summed E-state index contributed by atoms with van der Waals surface area (Å²) in [6, 6.07) is 43.4. The smallest absolute Gasteiger partial charge is 0.151 e. The fraction of sp³-hybridized carbons (Fsp3) is 0.189. The van der Waals surface area contributed by atoms with Crippen LogP contribution in [0.5, 0.6) is 11.5 Å². The normalized spacial score (nSPS) is 14.4. The summed E-state index contributed by atoms with van der Waals surface area (Å²) in [5.74, 6) is 1.81. The average molecular weight is 538 g/mol. The first-order chi connectivity index (χ1) is 19.9. The summed E-state index contributed by atoms with van der Waals surface area (Å²) in [4.78, 5) is 7.27. The Balaban J connectivity index is 1.22. The molecule has 4 nitrogen and oxygen atoms in total. The summed E-state index contributed by atoms with van der Waals surface area (Å²) in [5, 5.41) is 0. The fourth-order valence-corrected chi connectivity index (χ4v) is 6.37. The largest absolute Gasteiger partial charge is 0.453 e. The molecule has 41 heavy (non-hydrogen) atoms. The Hall–Kier alpha value is -4.70. The number of rotatable bonds is 4. The molecule has 0 amide bonds. The van der Waals surface area contributed by atoms with Gasteiger partial charge in [-0.3, -0.25) is 0 Å². The second kappa shape index (κ2) is 9.74. The van der Waals surface area contributed by atoms with E-state index in [1.165, 1.54) is 28.3 Å². The summed E-state index contributed by atoms with van der Waals surface area (Å²) in [7, 11) is 0. The Morgan fingerprint density at radius 3 is 1.49 bits per heavy atom. The van der Waals surface area contributed by atoms with E-state index < -0.39 is 0 Å².